The Morgan fingerprint density at radius 2 is 0.882 bits per heavy atom. The summed E-state index contributed by atoms with van der Waals surface area (Å²) in [5, 5.41) is 0. The number of hydrogen-bond donors (Lipinski definition) is 0. The average Bonchev–Trinajstić information content (AvgIpc) is 2.85. The van der Waals surface area contributed by atoms with Gasteiger partial charge in [0.25, 0.3) is 0 Å². The molecule has 0 bridgehead atoms. The van der Waals surface area contributed by atoms with Gasteiger partial charge in [0.05, 0.1) is 0 Å². The first-order valence-electron chi connectivity index (χ1n) is 13.7. The minimum Gasteiger partial charge on any atom is -0.765 e. The first kappa shape index (κ1) is 28.7. The molecule has 0 heterocycles. The number of unbranched alkanes of at least 4 members (excludes halogenated alkanes) is 12. The minimum atomic E-state index is -2.27. The average molecular weight is 486 g/mol. The lowest BCUT2D eigenvalue weighted by atomic mass is 10.0. The van der Waals surface area contributed by atoms with Crippen LogP contribution in [-0.4, -0.2) is 0 Å². The molecule has 0 unspecified atom stereocenters. The zero-order valence-corrected chi connectivity index (χ0v) is 22.5. The van der Waals surface area contributed by atoms with Gasteiger partial charge in [0.2, 0.25) is 8.60 Å². The first-order chi connectivity index (χ1) is 16.7. The van der Waals surface area contributed by atoms with E-state index in [0.29, 0.717) is 11.5 Å². The quantitative estimate of drug-likeness (QED) is 0.139. The van der Waals surface area contributed by atoms with E-state index in [1.165, 1.54) is 77.0 Å². The lowest BCUT2D eigenvalue weighted by Gasteiger charge is -2.25. The van der Waals surface area contributed by atoms with Crippen LogP contribution in [-0.2, 0) is 12.8 Å². The molecule has 0 N–H and O–H groups in total. The van der Waals surface area contributed by atoms with Gasteiger partial charge in [0.15, 0.2) is 0 Å². The van der Waals surface area contributed by atoms with Crippen molar-refractivity contribution in [3.63, 3.8) is 0 Å². The second kappa shape index (κ2) is 18.7. The molecule has 4 heteroatoms. The standard InChI is InChI=1S/C30H46O3P/c1-3-5-7-9-11-13-15-21-27-23-17-19-25-29(27)32-34(31)33-30-26-20-18-24-28(30)22-16-14-12-10-8-6-4-2/h17-20,23-26H,3-16,21-22H2,1-2H3/q-1. The van der Waals surface area contributed by atoms with E-state index in [4.69, 9.17) is 9.05 Å². The van der Waals surface area contributed by atoms with E-state index in [1.54, 1.807) is 0 Å². The highest BCUT2D eigenvalue weighted by atomic mass is 31.2. The number of aryl methyl sites for hydroxylation is 2. The monoisotopic (exact) mass is 485 g/mol. The molecule has 0 aliphatic rings. The molecule has 3 nitrogen and oxygen atoms in total. The zero-order valence-electron chi connectivity index (χ0n) is 21.6. The predicted octanol–water partition coefficient (Wildman–Crippen LogP) is 9.32. The van der Waals surface area contributed by atoms with Crippen molar-refractivity contribution in [3.8, 4) is 11.5 Å². The summed E-state index contributed by atoms with van der Waals surface area (Å²) in [7, 11) is -2.27. The largest absolute Gasteiger partial charge is 0.765 e. The molecule has 0 saturated heterocycles. The lowest BCUT2D eigenvalue weighted by Crippen LogP contribution is -2.09. The Labute approximate surface area is 210 Å². The van der Waals surface area contributed by atoms with Crippen LogP contribution in [0.25, 0.3) is 0 Å². The van der Waals surface area contributed by atoms with E-state index in [9.17, 15) is 4.89 Å². The molecule has 0 spiro atoms. The molecule has 0 radical (unpaired) electrons. The Bertz CT molecular complexity index is 701. The lowest BCUT2D eigenvalue weighted by molar-refractivity contribution is -0.189. The van der Waals surface area contributed by atoms with Gasteiger partial charge in [-0.3, -0.25) is 0 Å². The van der Waals surface area contributed by atoms with Crippen LogP contribution in [0, 0.1) is 0 Å². The summed E-state index contributed by atoms with van der Waals surface area (Å²) >= 11 is 0. The highest BCUT2D eigenvalue weighted by Gasteiger charge is 2.09. The second-order valence-electron chi connectivity index (χ2n) is 9.36. The van der Waals surface area contributed by atoms with E-state index in [-0.39, 0.29) is 0 Å². The van der Waals surface area contributed by atoms with Gasteiger partial charge in [0, 0.05) is 0 Å². The molecule has 0 aromatic heterocycles. The van der Waals surface area contributed by atoms with Crippen molar-refractivity contribution in [2.75, 3.05) is 0 Å². The molecule has 2 rings (SSSR count). The van der Waals surface area contributed by atoms with Gasteiger partial charge >= 0.3 is 0 Å². The van der Waals surface area contributed by atoms with Crippen LogP contribution in [0.15, 0.2) is 48.5 Å². The Morgan fingerprint density at radius 3 is 1.29 bits per heavy atom. The molecule has 190 valence electrons. The summed E-state index contributed by atoms with van der Waals surface area (Å²) in [6.07, 6.45) is 19.8. The Hall–Kier alpha value is -1.57. The van der Waals surface area contributed by atoms with E-state index in [2.05, 4.69) is 26.0 Å². The molecule has 2 aromatic rings. The topological polar surface area (TPSA) is 41.5 Å². The normalized spacial score (nSPS) is 11.2. The molecule has 0 atom stereocenters. The fourth-order valence-electron chi connectivity index (χ4n) is 4.32. The fraction of sp³-hybridized carbons (Fsp3) is 0.600. The van der Waals surface area contributed by atoms with Crippen LogP contribution in [0.1, 0.15) is 115 Å². The van der Waals surface area contributed by atoms with Crippen LogP contribution in [0.5, 0.6) is 11.5 Å². The molecule has 34 heavy (non-hydrogen) atoms. The van der Waals surface area contributed by atoms with Gasteiger partial charge in [-0.15, -0.1) is 0 Å². The fourth-order valence-corrected chi connectivity index (χ4v) is 5.04. The molecule has 0 aliphatic heterocycles. The Kier molecular flexibility index (Phi) is 15.8. The molecular weight excluding hydrogens is 439 g/mol. The summed E-state index contributed by atoms with van der Waals surface area (Å²) in [6, 6.07) is 15.9. The van der Waals surface area contributed by atoms with Crippen LogP contribution >= 0.6 is 8.60 Å². The van der Waals surface area contributed by atoms with Crippen molar-refractivity contribution >= 4 is 8.60 Å². The van der Waals surface area contributed by atoms with Crippen molar-refractivity contribution in [2.45, 2.75) is 117 Å². The maximum absolute atomic E-state index is 12.7. The summed E-state index contributed by atoms with van der Waals surface area (Å²) in [5.41, 5.74) is 2.22. The van der Waals surface area contributed by atoms with Crippen molar-refractivity contribution in [1.29, 1.82) is 0 Å². The molecule has 0 amide bonds. The third kappa shape index (κ3) is 12.2. The van der Waals surface area contributed by atoms with Crippen molar-refractivity contribution < 1.29 is 13.9 Å². The predicted molar refractivity (Wildman–Crippen MR) is 144 cm³/mol. The highest BCUT2D eigenvalue weighted by molar-refractivity contribution is 7.39. The van der Waals surface area contributed by atoms with Crippen molar-refractivity contribution in [3.05, 3.63) is 59.7 Å². The Balaban J connectivity index is 1.78. The summed E-state index contributed by atoms with van der Waals surface area (Å²) in [5.74, 6) is 1.36. The molecule has 0 fully saturated rings. The third-order valence-electron chi connectivity index (χ3n) is 6.39. The highest BCUT2D eigenvalue weighted by Crippen LogP contribution is 2.37. The van der Waals surface area contributed by atoms with Crippen molar-refractivity contribution in [2.24, 2.45) is 0 Å². The van der Waals surface area contributed by atoms with E-state index in [1.807, 2.05) is 36.4 Å². The van der Waals surface area contributed by atoms with E-state index in [0.717, 1.165) is 36.8 Å². The van der Waals surface area contributed by atoms with E-state index >= 15 is 0 Å². The van der Waals surface area contributed by atoms with Gasteiger partial charge in [-0.2, -0.15) is 0 Å². The molecule has 2 aromatic carbocycles. The Morgan fingerprint density at radius 1 is 0.529 bits per heavy atom. The van der Waals surface area contributed by atoms with Gasteiger partial charge < -0.3 is 13.9 Å². The molecular formula is C30H46O3P-. The van der Waals surface area contributed by atoms with Crippen LogP contribution in [0.2, 0.25) is 0 Å². The molecule has 0 saturated carbocycles. The number of para-hydroxylation sites is 2. The van der Waals surface area contributed by atoms with Crippen LogP contribution < -0.4 is 13.9 Å². The van der Waals surface area contributed by atoms with Crippen LogP contribution in [0.4, 0.5) is 0 Å². The smallest absolute Gasteiger partial charge is 0.210 e. The second-order valence-corrected chi connectivity index (χ2v) is 10.2. The number of benzene rings is 2. The van der Waals surface area contributed by atoms with Gasteiger partial charge in [-0.05, 0) is 48.9 Å². The first-order valence-corrected chi connectivity index (χ1v) is 14.8. The van der Waals surface area contributed by atoms with Gasteiger partial charge in [-0.1, -0.05) is 127 Å². The summed E-state index contributed by atoms with van der Waals surface area (Å²) < 4.78 is 11.6. The number of hydrogen-bond acceptors (Lipinski definition) is 3. The van der Waals surface area contributed by atoms with E-state index < -0.39 is 8.60 Å². The number of rotatable bonds is 20. The van der Waals surface area contributed by atoms with Gasteiger partial charge in [-0.25, -0.2) is 0 Å². The summed E-state index contributed by atoms with van der Waals surface area (Å²) in [4.78, 5) is 12.7. The zero-order chi connectivity index (χ0) is 24.3. The molecule has 0 aliphatic carbocycles. The summed E-state index contributed by atoms with van der Waals surface area (Å²) in [6.45, 7) is 4.50. The van der Waals surface area contributed by atoms with Gasteiger partial charge in [0.1, 0.15) is 11.5 Å². The SMILES string of the molecule is CCCCCCCCCc1ccccc1OP([O-])Oc1ccccc1CCCCCCCCC. The maximum Gasteiger partial charge on any atom is 0.210 e. The van der Waals surface area contributed by atoms with Crippen molar-refractivity contribution in [1.82, 2.24) is 0 Å². The third-order valence-corrected chi connectivity index (χ3v) is 7.08. The van der Waals surface area contributed by atoms with Crippen LogP contribution in [0.3, 0.4) is 0 Å². The maximum atomic E-state index is 12.7. The minimum absolute atomic E-state index is 0.680.